The molecule has 2 aliphatic heterocycles. The van der Waals surface area contributed by atoms with E-state index in [1.807, 2.05) is 4.57 Å². The van der Waals surface area contributed by atoms with Gasteiger partial charge < -0.3 is 19.7 Å². The van der Waals surface area contributed by atoms with Gasteiger partial charge in [-0.05, 0) is 63.4 Å². The summed E-state index contributed by atoms with van der Waals surface area (Å²) < 4.78 is 7.35. The van der Waals surface area contributed by atoms with Crippen molar-refractivity contribution in [1.82, 2.24) is 19.4 Å². The van der Waals surface area contributed by atoms with E-state index in [4.69, 9.17) is 9.72 Å². The van der Waals surface area contributed by atoms with Gasteiger partial charge >= 0.3 is 0 Å². The number of nitrogens with one attached hydrogen (secondary N) is 1. The number of piperidine rings is 1. The normalized spacial score (nSPS) is 25.9. The maximum absolute atomic E-state index is 13.6. The number of fused-ring (bicyclic) bond motifs is 1. The molecule has 1 atom stereocenters. The summed E-state index contributed by atoms with van der Waals surface area (Å²) in [5.41, 5.74) is 1.95. The van der Waals surface area contributed by atoms with Crippen LogP contribution in [0.25, 0.3) is 10.9 Å². The first kappa shape index (κ1) is 23.7. The minimum atomic E-state index is -0.213. The van der Waals surface area contributed by atoms with E-state index in [2.05, 4.69) is 35.2 Å². The molecule has 2 N–H and O–H groups in total. The highest BCUT2D eigenvalue weighted by atomic mass is 16.5. The van der Waals surface area contributed by atoms with Crippen molar-refractivity contribution in [3.8, 4) is 0 Å². The summed E-state index contributed by atoms with van der Waals surface area (Å²) in [7, 11) is 0. The molecule has 0 aromatic carbocycles. The van der Waals surface area contributed by atoms with Gasteiger partial charge in [0.1, 0.15) is 0 Å². The number of aliphatic hydroxyl groups is 1. The Hall–Kier alpha value is -2.03. The third kappa shape index (κ3) is 4.86. The third-order valence-corrected chi connectivity index (χ3v) is 8.07. The van der Waals surface area contributed by atoms with Crippen molar-refractivity contribution < 1.29 is 9.84 Å². The number of hydrogen-bond donors (Lipinski definition) is 2. The molecule has 8 heteroatoms. The van der Waals surface area contributed by atoms with Crippen LogP contribution in [-0.4, -0.2) is 69.0 Å². The van der Waals surface area contributed by atoms with Crippen molar-refractivity contribution in [2.75, 3.05) is 31.6 Å². The summed E-state index contributed by atoms with van der Waals surface area (Å²) in [6.07, 6.45) is 11.1. The Morgan fingerprint density at radius 3 is 2.53 bits per heavy atom. The minimum absolute atomic E-state index is 0.0215. The van der Waals surface area contributed by atoms with Crippen LogP contribution in [0.15, 0.2) is 17.2 Å². The Balaban J connectivity index is 1.48. The Morgan fingerprint density at radius 1 is 1.15 bits per heavy atom. The lowest BCUT2D eigenvalue weighted by atomic mass is 9.82. The van der Waals surface area contributed by atoms with Crippen molar-refractivity contribution in [2.24, 2.45) is 0 Å². The number of likely N-dealkylation sites (tertiary alicyclic amines) is 1. The highest BCUT2D eigenvalue weighted by Crippen LogP contribution is 2.36. The number of ether oxygens (including phenoxy) is 1. The molecule has 3 fully saturated rings. The summed E-state index contributed by atoms with van der Waals surface area (Å²) in [6.45, 7) is 7.99. The van der Waals surface area contributed by atoms with E-state index in [9.17, 15) is 9.90 Å². The summed E-state index contributed by atoms with van der Waals surface area (Å²) in [6, 6.07) is 1.03. The average Bonchev–Trinajstić information content (AvgIpc) is 2.80. The first-order valence-corrected chi connectivity index (χ1v) is 13.2. The molecule has 0 spiro atoms. The molecule has 186 valence electrons. The van der Waals surface area contributed by atoms with Gasteiger partial charge in [0.15, 0.2) is 0 Å². The Bertz CT molecular complexity index is 1040. The third-order valence-electron chi connectivity index (χ3n) is 8.07. The SMILES string of the molecule is CCCC(C)Nc1ncc2c(=O)n(C3CCN(C4COC4)CC3)cc([C@H]3CC[C@H](O)CC3)c2n1. The van der Waals surface area contributed by atoms with Gasteiger partial charge in [-0.3, -0.25) is 9.69 Å². The van der Waals surface area contributed by atoms with Gasteiger partial charge in [-0.15, -0.1) is 0 Å². The zero-order valence-electron chi connectivity index (χ0n) is 20.6. The molecule has 1 saturated carbocycles. The van der Waals surface area contributed by atoms with Crippen molar-refractivity contribution in [3.63, 3.8) is 0 Å². The lowest BCUT2D eigenvalue weighted by Crippen LogP contribution is -2.52. The predicted octanol–water partition coefficient (Wildman–Crippen LogP) is 3.45. The van der Waals surface area contributed by atoms with Crippen LogP contribution in [0.2, 0.25) is 0 Å². The summed E-state index contributed by atoms with van der Waals surface area (Å²) in [4.78, 5) is 25.5. The van der Waals surface area contributed by atoms with E-state index in [1.54, 1.807) is 6.20 Å². The molecule has 0 amide bonds. The number of aliphatic hydroxyl groups excluding tert-OH is 1. The Labute approximate surface area is 201 Å². The number of aromatic nitrogens is 3. The van der Waals surface area contributed by atoms with Crippen LogP contribution >= 0.6 is 0 Å². The van der Waals surface area contributed by atoms with E-state index < -0.39 is 0 Å². The number of hydrogen-bond acceptors (Lipinski definition) is 7. The fraction of sp³-hybridized carbons (Fsp3) is 0.731. The first-order chi connectivity index (χ1) is 16.5. The standard InChI is InChI=1S/C26H39N5O3/c1-3-4-17(2)28-26-27-13-22-24(29-26)23(18-5-7-21(32)8-6-18)14-31(25(22)33)19-9-11-30(12-10-19)20-15-34-16-20/h13-14,17-21,32H,3-12,15-16H2,1-2H3,(H,27,28,29)/t17?,18-,21-. The molecule has 3 aliphatic rings. The molecule has 2 saturated heterocycles. The van der Waals surface area contributed by atoms with Gasteiger partial charge in [0, 0.05) is 37.6 Å². The van der Waals surface area contributed by atoms with Crippen molar-refractivity contribution in [1.29, 1.82) is 0 Å². The quantitative estimate of drug-likeness (QED) is 0.642. The van der Waals surface area contributed by atoms with Gasteiger partial charge in [-0.25, -0.2) is 9.97 Å². The maximum atomic E-state index is 13.6. The molecular formula is C26H39N5O3. The van der Waals surface area contributed by atoms with E-state index in [0.717, 1.165) is 88.8 Å². The van der Waals surface area contributed by atoms with Crippen molar-refractivity contribution in [3.05, 3.63) is 28.3 Å². The molecule has 0 radical (unpaired) electrons. The van der Waals surface area contributed by atoms with Crippen molar-refractivity contribution >= 4 is 16.9 Å². The van der Waals surface area contributed by atoms with Gasteiger partial charge in [0.25, 0.3) is 5.56 Å². The zero-order valence-corrected chi connectivity index (χ0v) is 20.6. The monoisotopic (exact) mass is 469 g/mol. The second-order valence-corrected chi connectivity index (χ2v) is 10.6. The highest BCUT2D eigenvalue weighted by Gasteiger charge is 2.32. The second kappa shape index (κ2) is 10.3. The predicted molar refractivity (Wildman–Crippen MR) is 133 cm³/mol. The number of anilines is 1. The van der Waals surface area contributed by atoms with E-state index >= 15 is 0 Å². The number of nitrogens with zero attached hydrogens (tertiary/aromatic N) is 4. The second-order valence-electron chi connectivity index (χ2n) is 10.6. The molecule has 2 aromatic heterocycles. The van der Waals surface area contributed by atoms with Crippen LogP contribution in [0.4, 0.5) is 5.95 Å². The van der Waals surface area contributed by atoms with Gasteiger partial charge in [-0.1, -0.05) is 13.3 Å². The summed E-state index contributed by atoms with van der Waals surface area (Å²) in [5, 5.41) is 14.1. The lowest BCUT2D eigenvalue weighted by molar-refractivity contribution is -0.0732. The molecule has 0 bridgehead atoms. The maximum Gasteiger partial charge on any atom is 0.261 e. The molecule has 2 aromatic rings. The van der Waals surface area contributed by atoms with Gasteiger partial charge in [-0.2, -0.15) is 0 Å². The summed E-state index contributed by atoms with van der Waals surface area (Å²) >= 11 is 0. The molecule has 1 aliphatic carbocycles. The van der Waals surface area contributed by atoms with Crippen molar-refractivity contribution in [2.45, 2.75) is 95.4 Å². The smallest absolute Gasteiger partial charge is 0.261 e. The van der Waals surface area contributed by atoms with Gasteiger partial charge in [0.05, 0.1) is 36.3 Å². The van der Waals surface area contributed by atoms with E-state index in [-0.39, 0.29) is 23.7 Å². The Kier molecular flexibility index (Phi) is 7.18. The topological polar surface area (TPSA) is 92.5 Å². The highest BCUT2D eigenvalue weighted by molar-refractivity contribution is 5.81. The molecule has 8 nitrogen and oxygen atoms in total. The summed E-state index contributed by atoms with van der Waals surface area (Å²) in [5.74, 6) is 0.902. The fourth-order valence-electron chi connectivity index (χ4n) is 5.88. The largest absolute Gasteiger partial charge is 0.393 e. The van der Waals surface area contributed by atoms with Crippen LogP contribution in [0.5, 0.6) is 0 Å². The van der Waals surface area contributed by atoms with Crippen LogP contribution in [0, 0.1) is 0 Å². The molecular weight excluding hydrogens is 430 g/mol. The minimum Gasteiger partial charge on any atom is -0.393 e. The first-order valence-electron chi connectivity index (χ1n) is 13.2. The zero-order chi connectivity index (χ0) is 23.7. The molecule has 1 unspecified atom stereocenters. The molecule has 4 heterocycles. The Morgan fingerprint density at radius 2 is 1.88 bits per heavy atom. The lowest BCUT2D eigenvalue weighted by Gasteiger charge is -2.41. The molecule has 5 rings (SSSR count). The fourth-order valence-corrected chi connectivity index (χ4v) is 5.88. The van der Waals surface area contributed by atoms with E-state index in [1.165, 1.54) is 0 Å². The van der Waals surface area contributed by atoms with Crippen LogP contribution in [0.1, 0.15) is 82.7 Å². The molecule has 34 heavy (non-hydrogen) atoms. The van der Waals surface area contributed by atoms with Crippen LogP contribution in [-0.2, 0) is 4.74 Å². The van der Waals surface area contributed by atoms with E-state index in [0.29, 0.717) is 23.3 Å². The average molecular weight is 470 g/mol. The number of rotatable bonds is 7. The van der Waals surface area contributed by atoms with Crippen LogP contribution < -0.4 is 10.9 Å². The van der Waals surface area contributed by atoms with Gasteiger partial charge in [0.2, 0.25) is 5.95 Å². The van der Waals surface area contributed by atoms with Crippen LogP contribution in [0.3, 0.4) is 0 Å². The number of pyridine rings is 1.